The summed E-state index contributed by atoms with van der Waals surface area (Å²) >= 11 is 0. The van der Waals surface area contributed by atoms with Gasteiger partial charge < -0.3 is 15.7 Å². The topological polar surface area (TPSA) is 114 Å². The van der Waals surface area contributed by atoms with E-state index in [-0.39, 0.29) is 18.2 Å². The van der Waals surface area contributed by atoms with Crippen molar-refractivity contribution in [3.05, 3.63) is 0 Å². The smallest absolute Gasteiger partial charge is 0.214 e. The van der Waals surface area contributed by atoms with E-state index in [1.165, 1.54) is 7.11 Å². The van der Waals surface area contributed by atoms with Gasteiger partial charge in [-0.2, -0.15) is 0 Å². The lowest BCUT2D eigenvalue weighted by Crippen LogP contribution is -2.57. The lowest BCUT2D eigenvalue weighted by atomic mass is 9.90. The lowest BCUT2D eigenvalue weighted by Gasteiger charge is -2.32. The number of sulfonamides is 1. The highest BCUT2D eigenvalue weighted by atomic mass is 32.2. The number of hydrogen-bond acceptors (Lipinski definition) is 5. The molecule has 7 nitrogen and oxygen atoms in total. The van der Waals surface area contributed by atoms with Crippen LogP contribution in [0.3, 0.4) is 0 Å². The number of oxime groups is 1. The van der Waals surface area contributed by atoms with Crippen LogP contribution >= 0.6 is 0 Å². The maximum absolute atomic E-state index is 12.0. The predicted octanol–water partition coefficient (Wildman–Crippen LogP) is 0.392. The number of nitrogens with two attached hydrogens (primary N) is 1. The monoisotopic (exact) mass is 293 g/mol. The molecule has 0 bridgehead atoms. The summed E-state index contributed by atoms with van der Waals surface area (Å²) in [6, 6.07) is 0. The Hall–Kier alpha value is -0.860. The molecule has 4 N–H and O–H groups in total. The number of rotatable bonds is 6. The molecule has 1 aliphatic rings. The molecule has 0 amide bonds. The SMILES string of the molecule is COCCS(=O)(=O)NC1(/C(N)=N/O)CCCCCC1. The summed E-state index contributed by atoms with van der Waals surface area (Å²) in [4.78, 5) is 0. The zero-order valence-electron chi connectivity index (χ0n) is 11.3. The second kappa shape index (κ2) is 7.06. The first kappa shape index (κ1) is 16.2. The van der Waals surface area contributed by atoms with Crippen LogP contribution < -0.4 is 10.5 Å². The van der Waals surface area contributed by atoms with Gasteiger partial charge in [-0.1, -0.05) is 30.8 Å². The summed E-state index contributed by atoms with van der Waals surface area (Å²) in [5.41, 5.74) is 4.77. The molecular formula is C11H23N3O4S. The van der Waals surface area contributed by atoms with Crippen molar-refractivity contribution in [3.8, 4) is 0 Å². The van der Waals surface area contributed by atoms with Crippen LogP contribution in [0.15, 0.2) is 5.16 Å². The molecule has 8 heteroatoms. The Kier molecular flexibility index (Phi) is 6.02. The van der Waals surface area contributed by atoms with Gasteiger partial charge in [-0.15, -0.1) is 0 Å². The third-order valence-electron chi connectivity index (χ3n) is 3.46. The second-order valence-corrected chi connectivity index (χ2v) is 6.74. The van der Waals surface area contributed by atoms with Gasteiger partial charge in [0.2, 0.25) is 10.0 Å². The van der Waals surface area contributed by atoms with Crippen molar-refractivity contribution in [1.29, 1.82) is 0 Å². The average molecular weight is 293 g/mol. The van der Waals surface area contributed by atoms with Crippen LogP contribution in [0, 0.1) is 0 Å². The number of ether oxygens (including phenoxy) is 1. The summed E-state index contributed by atoms with van der Waals surface area (Å²) in [6.45, 7) is 0.113. The minimum absolute atomic E-state index is 0.0598. The van der Waals surface area contributed by atoms with Crippen molar-refractivity contribution in [3.63, 3.8) is 0 Å². The molecule has 1 saturated carbocycles. The highest BCUT2D eigenvalue weighted by Crippen LogP contribution is 2.28. The predicted molar refractivity (Wildman–Crippen MR) is 72.6 cm³/mol. The van der Waals surface area contributed by atoms with Crippen LogP contribution in [-0.2, 0) is 14.8 Å². The van der Waals surface area contributed by atoms with Crippen molar-refractivity contribution in [2.45, 2.75) is 44.1 Å². The molecule has 1 fully saturated rings. The molecule has 0 aliphatic heterocycles. The molecule has 19 heavy (non-hydrogen) atoms. The third-order valence-corrected chi connectivity index (χ3v) is 4.87. The van der Waals surface area contributed by atoms with E-state index in [9.17, 15) is 8.42 Å². The molecule has 0 saturated heterocycles. The van der Waals surface area contributed by atoms with Gasteiger partial charge in [0.15, 0.2) is 5.84 Å². The van der Waals surface area contributed by atoms with E-state index in [0.29, 0.717) is 12.8 Å². The Morgan fingerprint density at radius 2 is 1.95 bits per heavy atom. The molecule has 112 valence electrons. The number of amidine groups is 1. The molecule has 0 unspecified atom stereocenters. The molecule has 1 aliphatic carbocycles. The molecule has 0 spiro atoms. The average Bonchev–Trinajstić information content (AvgIpc) is 2.61. The van der Waals surface area contributed by atoms with Gasteiger partial charge in [-0.05, 0) is 12.8 Å². The van der Waals surface area contributed by atoms with E-state index in [2.05, 4.69) is 9.88 Å². The summed E-state index contributed by atoms with van der Waals surface area (Å²) in [7, 11) is -2.08. The fraction of sp³-hybridized carbons (Fsp3) is 0.909. The minimum Gasteiger partial charge on any atom is -0.409 e. The highest BCUT2D eigenvalue weighted by molar-refractivity contribution is 7.89. The Morgan fingerprint density at radius 1 is 1.37 bits per heavy atom. The maximum atomic E-state index is 12.0. The summed E-state index contributed by atoms with van der Waals surface area (Å²) in [5.74, 6) is -0.195. The highest BCUT2D eigenvalue weighted by Gasteiger charge is 2.39. The molecule has 0 aromatic rings. The Balaban J connectivity index is 2.91. The molecule has 0 heterocycles. The molecular weight excluding hydrogens is 270 g/mol. The molecule has 0 radical (unpaired) electrons. The molecule has 0 atom stereocenters. The van der Waals surface area contributed by atoms with Crippen molar-refractivity contribution in [2.75, 3.05) is 19.5 Å². The van der Waals surface area contributed by atoms with Gasteiger partial charge >= 0.3 is 0 Å². The van der Waals surface area contributed by atoms with Crippen LogP contribution in [0.4, 0.5) is 0 Å². The fourth-order valence-electron chi connectivity index (χ4n) is 2.38. The van der Waals surface area contributed by atoms with E-state index in [1.807, 2.05) is 0 Å². The van der Waals surface area contributed by atoms with Crippen LogP contribution in [-0.4, -0.2) is 44.5 Å². The Labute approximate surface area is 114 Å². The van der Waals surface area contributed by atoms with Crippen LogP contribution in [0.1, 0.15) is 38.5 Å². The second-order valence-electron chi connectivity index (χ2n) is 4.90. The minimum atomic E-state index is -3.52. The first-order chi connectivity index (χ1) is 8.96. The number of methoxy groups -OCH3 is 1. The first-order valence-corrected chi connectivity index (χ1v) is 8.09. The van der Waals surface area contributed by atoms with Gasteiger partial charge in [0.05, 0.1) is 17.9 Å². The van der Waals surface area contributed by atoms with Crippen molar-refractivity contribution in [2.24, 2.45) is 10.9 Å². The standard InChI is InChI=1S/C11H23N3O4S/c1-18-8-9-19(16,17)14-11(10(12)13-15)6-4-2-3-5-7-11/h14-15H,2-9H2,1H3,(H2,12,13). The quantitative estimate of drug-likeness (QED) is 0.215. The largest absolute Gasteiger partial charge is 0.409 e. The Morgan fingerprint density at radius 3 is 2.42 bits per heavy atom. The zero-order valence-corrected chi connectivity index (χ0v) is 12.1. The zero-order chi connectivity index (χ0) is 14.4. The van der Waals surface area contributed by atoms with Gasteiger partial charge in [-0.3, -0.25) is 0 Å². The van der Waals surface area contributed by atoms with E-state index < -0.39 is 15.6 Å². The van der Waals surface area contributed by atoms with Crippen molar-refractivity contribution in [1.82, 2.24) is 4.72 Å². The van der Waals surface area contributed by atoms with Crippen LogP contribution in [0.25, 0.3) is 0 Å². The van der Waals surface area contributed by atoms with Gasteiger partial charge in [0, 0.05) is 7.11 Å². The summed E-state index contributed by atoms with van der Waals surface area (Å²) in [5, 5.41) is 11.9. The van der Waals surface area contributed by atoms with Crippen molar-refractivity contribution < 1.29 is 18.4 Å². The van der Waals surface area contributed by atoms with E-state index in [1.54, 1.807) is 0 Å². The maximum Gasteiger partial charge on any atom is 0.214 e. The van der Waals surface area contributed by atoms with E-state index in [4.69, 9.17) is 15.7 Å². The summed E-state index contributed by atoms with van der Waals surface area (Å²) in [6.07, 6.45) is 4.86. The third kappa shape index (κ3) is 4.63. The first-order valence-electron chi connectivity index (χ1n) is 6.44. The van der Waals surface area contributed by atoms with Crippen molar-refractivity contribution >= 4 is 15.9 Å². The van der Waals surface area contributed by atoms with Crippen LogP contribution in [0.2, 0.25) is 0 Å². The molecule has 0 aromatic carbocycles. The van der Waals surface area contributed by atoms with E-state index in [0.717, 1.165) is 25.7 Å². The van der Waals surface area contributed by atoms with Gasteiger partial charge in [-0.25, -0.2) is 13.1 Å². The number of hydrogen-bond donors (Lipinski definition) is 3. The summed E-state index contributed by atoms with van der Waals surface area (Å²) < 4.78 is 31.4. The van der Waals surface area contributed by atoms with Gasteiger partial charge in [0.25, 0.3) is 0 Å². The number of nitrogens with one attached hydrogen (secondary N) is 1. The normalized spacial score (nSPS) is 21.0. The van der Waals surface area contributed by atoms with E-state index >= 15 is 0 Å². The number of nitrogens with zero attached hydrogens (tertiary/aromatic N) is 1. The van der Waals surface area contributed by atoms with Crippen LogP contribution in [0.5, 0.6) is 0 Å². The lowest BCUT2D eigenvalue weighted by molar-refractivity contribution is 0.216. The molecule has 1 rings (SSSR count). The fourth-order valence-corrected chi connectivity index (χ4v) is 3.77. The van der Waals surface area contributed by atoms with Gasteiger partial charge in [0.1, 0.15) is 0 Å². The Bertz CT molecular complexity index is 400. The molecule has 0 aromatic heterocycles.